The number of carbonyl (C=O) groups excluding carboxylic acids is 1. The normalized spacial score (nSPS) is 15.7. The van der Waals surface area contributed by atoms with Gasteiger partial charge in [0.1, 0.15) is 5.38 Å². The van der Waals surface area contributed by atoms with Gasteiger partial charge < -0.3 is 18.9 Å². The molecule has 1 unspecified atom stereocenters. The van der Waals surface area contributed by atoms with Gasteiger partial charge in [-0.15, -0.1) is 11.6 Å². The Morgan fingerprint density at radius 3 is 2.18 bits per heavy atom. The van der Waals surface area contributed by atoms with Crippen molar-refractivity contribution >= 4 is 17.4 Å². The van der Waals surface area contributed by atoms with E-state index in [0.29, 0.717) is 34.1 Å². The fourth-order valence-corrected chi connectivity index (χ4v) is 2.68. The summed E-state index contributed by atoms with van der Waals surface area (Å²) >= 11 is 6.33. The molecule has 0 radical (unpaired) electrons. The number of Topliss-reactive ketones (excluding diaryl/α,β-unsaturated/α-hetero) is 1. The summed E-state index contributed by atoms with van der Waals surface area (Å²) in [5.74, 6) is 2.23. The fourth-order valence-electron chi connectivity index (χ4n) is 2.42. The molecule has 2 aromatic rings. The average Bonchev–Trinajstić information content (AvgIpc) is 3.20. The maximum Gasteiger partial charge on any atom is 0.231 e. The van der Waals surface area contributed by atoms with Gasteiger partial charge >= 0.3 is 0 Å². The first-order valence-electron chi connectivity index (χ1n) is 6.70. The van der Waals surface area contributed by atoms with Gasteiger partial charge in [-0.1, -0.05) is 6.07 Å². The van der Waals surface area contributed by atoms with Crippen molar-refractivity contribution in [3.8, 4) is 23.0 Å². The Morgan fingerprint density at radius 2 is 1.45 bits per heavy atom. The van der Waals surface area contributed by atoms with Crippen molar-refractivity contribution in [3.63, 3.8) is 0 Å². The molecule has 0 fully saturated rings. The Labute approximate surface area is 131 Å². The Morgan fingerprint density at radius 1 is 0.864 bits per heavy atom. The van der Waals surface area contributed by atoms with E-state index in [2.05, 4.69) is 0 Å². The lowest BCUT2D eigenvalue weighted by atomic mass is 10.0. The second-order valence-electron chi connectivity index (χ2n) is 4.91. The Bertz CT molecular complexity index is 758. The molecule has 0 saturated heterocycles. The fraction of sp³-hybridized carbons (Fsp3) is 0.188. The van der Waals surface area contributed by atoms with E-state index in [4.69, 9.17) is 30.5 Å². The predicted octanol–water partition coefficient (Wildman–Crippen LogP) is 3.31. The molecule has 2 aromatic carbocycles. The number of hydrogen-bond donors (Lipinski definition) is 0. The van der Waals surface area contributed by atoms with Crippen molar-refractivity contribution in [2.24, 2.45) is 0 Å². The van der Waals surface area contributed by atoms with Crippen LogP contribution in [0.2, 0.25) is 0 Å². The summed E-state index contributed by atoms with van der Waals surface area (Å²) in [5.41, 5.74) is 1.13. The number of hydrogen-bond acceptors (Lipinski definition) is 5. The van der Waals surface area contributed by atoms with Crippen LogP contribution in [0.5, 0.6) is 23.0 Å². The average molecular weight is 319 g/mol. The Kier molecular flexibility index (Phi) is 3.08. The molecule has 5 nitrogen and oxygen atoms in total. The van der Waals surface area contributed by atoms with Gasteiger partial charge in [-0.3, -0.25) is 4.79 Å². The molecular weight excluding hydrogens is 308 g/mol. The molecule has 4 rings (SSSR count). The zero-order valence-electron chi connectivity index (χ0n) is 11.4. The van der Waals surface area contributed by atoms with Gasteiger partial charge in [0.05, 0.1) is 0 Å². The summed E-state index contributed by atoms with van der Waals surface area (Å²) in [4.78, 5) is 12.5. The van der Waals surface area contributed by atoms with Crippen molar-refractivity contribution in [2.75, 3.05) is 13.6 Å². The first-order chi connectivity index (χ1) is 10.7. The predicted molar refractivity (Wildman–Crippen MR) is 78.1 cm³/mol. The van der Waals surface area contributed by atoms with Crippen LogP contribution in [-0.4, -0.2) is 19.4 Å². The lowest BCUT2D eigenvalue weighted by Crippen LogP contribution is -2.07. The van der Waals surface area contributed by atoms with Crippen molar-refractivity contribution in [3.05, 3.63) is 47.5 Å². The van der Waals surface area contributed by atoms with Crippen LogP contribution in [0.1, 0.15) is 21.3 Å². The van der Waals surface area contributed by atoms with Gasteiger partial charge in [0, 0.05) is 5.56 Å². The summed E-state index contributed by atoms with van der Waals surface area (Å²) in [6.45, 7) is 0.349. The van der Waals surface area contributed by atoms with Crippen LogP contribution in [0.3, 0.4) is 0 Å². The minimum absolute atomic E-state index is 0.166. The molecule has 112 valence electrons. The lowest BCUT2D eigenvalue weighted by molar-refractivity contribution is 0.0986. The maximum atomic E-state index is 12.5. The molecule has 22 heavy (non-hydrogen) atoms. The highest BCUT2D eigenvalue weighted by atomic mass is 35.5. The molecule has 2 heterocycles. The molecule has 0 spiro atoms. The lowest BCUT2D eigenvalue weighted by Gasteiger charge is -2.10. The monoisotopic (exact) mass is 318 g/mol. The summed E-state index contributed by atoms with van der Waals surface area (Å²) in [5, 5.41) is -0.810. The highest BCUT2D eigenvalue weighted by Gasteiger charge is 2.24. The van der Waals surface area contributed by atoms with Crippen LogP contribution >= 0.6 is 11.6 Å². The van der Waals surface area contributed by atoms with Crippen LogP contribution < -0.4 is 18.9 Å². The highest BCUT2D eigenvalue weighted by Crippen LogP contribution is 2.38. The van der Waals surface area contributed by atoms with E-state index in [1.807, 2.05) is 0 Å². The van der Waals surface area contributed by atoms with E-state index in [1.165, 1.54) is 0 Å². The molecule has 6 heteroatoms. The van der Waals surface area contributed by atoms with E-state index < -0.39 is 5.38 Å². The third kappa shape index (κ3) is 2.14. The molecule has 0 bridgehead atoms. The molecule has 1 atom stereocenters. The number of carbonyl (C=O) groups is 1. The number of fused-ring (bicyclic) bond motifs is 2. The van der Waals surface area contributed by atoms with E-state index in [-0.39, 0.29) is 19.4 Å². The molecule has 0 aromatic heterocycles. The van der Waals surface area contributed by atoms with Gasteiger partial charge in [-0.2, -0.15) is 0 Å². The van der Waals surface area contributed by atoms with Crippen LogP contribution in [0.4, 0.5) is 0 Å². The van der Waals surface area contributed by atoms with E-state index in [9.17, 15) is 4.79 Å². The number of benzene rings is 2. The van der Waals surface area contributed by atoms with Crippen molar-refractivity contribution in [2.45, 2.75) is 5.38 Å². The number of alkyl halides is 1. The van der Waals surface area contributed by atoms with Gasteiger partial charge in [0.25, 0.3) is 0 Å². The second-order valence-corrected chi connectivity index (χ2v) is 5.34. The largest absolute Gasteiger partial charge is 0.454 e. The van der Waals surface area contributed by atoms with Crippen molar-refractivity contribution in [1.82, 2.24) is 0 Å². The molecular formula is C16H11ClO5. The van der Waals surface area contributed by atoms with Crippen LogP contribution in [0.25, 0.3) is 0 Å². The third-order valence-electron chi connectivity index (χ3n) is 3.58. The molecule has 2 aliphatic rings. The van der Waals surface area contributed by atoms with Crippen molar-refractivity contribution in [1.29, 1.82) is 0 Å². The van der Waals surface area contributed by atoms with Crippen LogP contribution in [-0.2, 0) is 0 Å². The van der Waals surface area contributed by atoms with E-state index >= 15 is 0 Å². The molecule has 2 aliphatic heterocycles. The van der Waals surface area contributed by atoms with E-state index in [1.54, 1.807) is 36.4 Å². The topological polar surface area (TPSA) is 54.0 Å². The zero-order chi connectivity index (χ0) is 15.1. The second kappa shape index (κ2) is 5.10. The van der Waals surface area contributed by atoms with Gasteiger partial charge in [0.15, 0.2) is 28.8 Å². The smallest absolute Gasteiger partial charge is 0.231 e. The van der Waals surface area contributed by atoms with Crippen LogP contribution in [0, 0.1) is 0 Å². The molecule has 0 N–H and O–H groups in total. The molecule has 0 aliphatic carbocycles. The maximum absolute atomic E-state index is 12.5. The summed E-state index contributed by atoms with van der Waals surface area (Å²) in [7, 11) is 0. The summed E-state index contributed by atoms with van der Waals surface area (Å²) in [6, 6.07) is 10.3. The SMILES string of the molecule is O=C(c1ccc2c(c1)OCO2)C(Cl)c1ccc2c(c1)OCO2. The Balaban J connectivity index is 1.62. The number of halogens is 1. The molecule has 0 amide bonds. The first kappa shape index (κ1) is 13.3. The quantitative estimate of drug-likeness (QED) is 0.642. The minimum Gasteiger partial charge on any atom is -0.454 e. The number of ether oxygens (including phenoxy) is 4. The van der Waals surface area contributed by atoms with Gasteiger partial charge in [-0.05, 0) is 35.9 Å². The minimum atomic E-state index is -0.810. The summed E-state index contributed by atoms with van der Waals surface area (Å²) in [6.07, 6.45) is 0. The zero-order valence-corrected chi connectivity index (χ0v) is 12.1. The van der Waals surface area contributed by atoms with Crippen molar-refractivity contribution < 1.29 is 23.7 Å². The van der Waals surface area contributed by atoms with Gasteiger partial charge in [-0.25, -0.2) is 0 Å². The van der Waals surface area contributed by atoms with Gasteiger partial charge in [0.2, 0.25) is 13.6 Å². The number of ketones is 1. The first-order valence-corrected chi connectivity index (χ1v) is 7.13. The standard InChI is InChI=1S/C16H11ClO5/c17-15(9-1-3-11-13(5-9)21-7-19-11)16(18)10-2-4-12-14(6-10)22-8-20-12/h1-6,15H,7-8H2. The third-order valence-corrected chi connectivity index (χ3v) is 4.03. The summed E-state index contributed by atoms with van der Waals surface area (Å²) < 4.78 is 21.1. The Hall–Kier alpha value is -2.40. The van der Waals surface area contributed by atoms with E-state index in [0.717, 1.165) is 0 Å². The van der Waals surface area contributed by atoms with Crippen LogP contribution in [0.15, 0.2) is 36.4 Å². The molecule has 0 saturated carbocycles. The number of rotatable bonds is 3. The highest BCUT2D eigenvalue weighted by molar-refractivity contribution is 6.34.